The Morgan fingerprint density at radius 1 is 1.05 bits per heavy atom. The fourth-order valence-corrected chi connectivity index (χ4v) is 2.68. The van der Waals surface area contributed by atoms with E-state index in [-0.39, 0.29) is 0 Å². The number of halogens is 1. The van der Waals surface area contributed by atoms with Gasteiger partial charge in [0.1, 0.15) is 0 Å². The second-order valence-electron chi connectivity index (χ2n) is 4.36. The number of nitrogens with one attached hydrogen (secondary N) is 1. The van der Waals surface area contributed by atoms with E-state index < -0.39 is 0 Å². The summed E-state index contributed by atoms with van der Waals surface area (Å²) in [5, 5.41) is 3.93. The molecular weight excluding hydrogens is 306 g/mol. The molecule has 0 aliphatic rings. The van der Waals surface area contributed by atoms with E-state index in [0.717, 1.165) is 11.3 Å². The number of methoxy groups -OCH3 is 2. The average molecular weight is 324 g/mol. The van der Waals surface area contributed by atoms with Gasteiger partial charge in [-0.2, -0.15) is 0 Å². The molecule has 0 unspecified atom stereocenters. The maximum absolute atomic E-state index is 6.36. The van der Waals surface area contributed by atoms with Crippen molar-refractivity contribution in [2.75, 3.05) is 25.8 Å². The van der Waals surface area contributed by atoms with Crippen molar-refractivity contribution >= 4 is 29.1 Å². The van der Waals surface area contributed by atoms with E-state index in [4.69, 9.17) is 21.1 Å². The van der Waals surface area contributed by atoms with Crippen LogP contribution < -0.4 is 14.8 Å². The van der Waals surface area contributed by atoms with E-state index in [1.165, 1.54) is 4.90 Å². The van der Waals surface area contributed by atoms with Gasteiger partial charge in [-0.25, -0.2) is 0 Å². The van der Waals surface area contributed by atoms with Crippen molar-refractivity contribution in [3.63, 3.8) is 0 Å². The molecule has 0 amide bonds. The van der Waals surface area contributed by atoms with Crippen molar-refractivity contribution in [2.24, 2.45) is 0 Å². The molecule has 1 N–H and O–H groups in total. The summed E-state index contributed by atoms with van der Waals surface area (Å²) in [6.45, 7) is 0.623. The molecule has 2 rings (SSSR count). The average Bonchev–Trinajstić information content (AvgIpc) is 2.53. The number of rotatable bonds is 6. The van der Waals surface area contributed by atoms with E-state index >= 15 is 0 Å². The minimum atomic E-state index is 0.566. The predicted molar refractivity (Wildman–Crippen MR) is 90.1 cm³/mol. The first kappa shape index (κ1) is 15.9. The van der Waals surface area contributed by atoms with Gasteiger partial charge in [-0.15, -0.1) is 11.8 Å². The van der Waals surface area contributed by atoms with Crippen molar-refractivity contribution < 1.29 is 9.47 Å². The first-order valence-electron chi connectivity index (χ1n) is 6.47. The van der Waals surface area contributed by atoms with Crippen LogP contribution in [0.15, 0.2) is 41.3 Å². The first-order chi connectivity index (χ1) is 10.2. The smallest absolute Gasteiger partial charge is 0.179 e. The van der Waals surface area contributed by atoms with E-state index in [1.807, 2.05) is 12.1 Å². The van der Waals surface area contributed by atoms with Crippen LogP contribution >= 0.6 is 23.4 Å². The second kappa shape index (κ2) is 7.48. The highest BCUT2D eigenvalue weighted by atomic mass is 35.5. The van der Waals surface area contributed by atoms with E-state index in [2.05, 4.69) is 35.8 Å². The Labute approximate surface area is 134 Å². The Hall–Kier alpha value is -1.52. The SMILES string of the molecule is COc1ccc(CNc2ccc(SC)cc2)c(Cl)c1OC. The molecule has 0 saturated carbocycles. The molecule has 0 atom stereocenters. The van der Waals surface area contributed by atoms with Crippen molar-refractivity contribution in [1.82, 2.24) is 0 Å². The third kappa shape index (κ3) is 3.77. The zero-order valence-corrected chi connectivity index (χ0v) is 13.8. The first-order valence-corrected chi connectivity index (χ1v) is 8.07. The third-order valence-electron chi connectivity index (χ3n) is 3.14. The molecule has 5 heteroatoms. The van der Waals surface area contributed by atoms with Crippen LogP contribution in [-0.2, 0) is 6.54 Å². The summed E-state index contributed by atoms with van der Waals surface area (Å²) < 4.78 is 10.5. The summed E-state index contributed by atoms with van der Waals surface area (Å²) in [5.74, 6) is 1.20. The molecule has 3 nitrogen and oxygen atoms in total. The second-order valence-corrected chi connectivity index (χ2v) is 5.61. The Morgan fingerprint density at radius 2 is 1.76 bits per heavy atom. The van der Waals surface area contributed by atoms with E-state index in [9.17, 15) is 0 Å². The number of anilines is 1. The summed E-state index contributed by atoms with van der Waals surface area (Å²) in [6, 6.07) is 12.1. The number of ether oxygens (including phenoxy) is 2. The number of hydrogen-bond donors (Lipinski definition) is 1. The van der Waals surface area contributed by atoms with Gasteiger partial charge in [0.25, 0.3) is 0 Å². The van der Waals surface area contributed by atoms with Gasteiger partial charge in [-0.05, 0) is 42.2 Å². The van der Waals surface area contributed by atoms with Gasteiger partial charge in [0.15, 0.2) is 11.5 Å². The Morgan fingerprint density at radius 3 is 2.33 bits per heavy atom. The van der Waals surface area contributed by atoms with Crippen LogP contribution in [0.25, 0.3) is 0 Å². The molecule has 0 aliphatic carbocycles. The number of benzene rings is 2. The zero-order chi connectivity index (χ0) is 15.2. The van der Waals surface area contributed by atoms with Gasteiger partial charge in [-0.3, -0.25) is 0 Å². The molecule has 0 saturated heterocycles. The van der Waals surface area contributed by atoms with Crippen LogP contribution in [0.3, 0.4) is 0 Å². The molecule has 0 bridgehead atoms. The predicted octanol–water partition coefficient (Wildman–Crippen LogP) is 4.69. The van der Waals surface area contributed by atoms with Gasteiger partial charge in [0.2, 0.25) is 0 Å². The van der Waals surface area contributed by atoms with Crippen molar-refractivity contribution in [1.29, 1.82) is 0 Å². The molecule has 0 aromatic heterocycles. The van der Waals surface area contributed by atoms with Crippen molar-refractivity contribution in [3.05, 3.63) is 47.0 Å². The fourth-order valence-electron chi connectivity index (χ4n) is 1.97. The van der Waals surface area contributed by atoms with Crippen LogP contribution in [0.1, 0.15) is 5.56 Å². The maximum Gasteiger partial charge on any atom is 0.179 e. The summed E-state index contributed by atoms with van der Waals surface area (Å²) in [4.78, 5) is 1.24. The van der Waals surface area contributed by atoms with Crippen LogP contribution in [-0.4, -0.2) is 20.5 Å². The van der Waals surface area contributed by atoms with Crippen LogP contribution in [0.5, 0.6) is 11.5 Å². The highest BCUT2D eigenvalue weighted by molar-refractivity contribution is 7.98. The molecule has 0 radical (unpaired) electrons. The lowest BCUT2D eigenvalue weighted by molar-refractivity contribution is 0.355. The van der Waals surface area contributed by atoms with Crippen LogP contribution in [0.2, 0.25) is 5.02 Å². The fraction of sp³-hybridized carbons (Fsp3) is 0.250. The summed E-state index contributed by atoms with van der Waals surface area (Å²) in [6.07, 6.45) is 2.06. The number of hydrogen-bond acceptors (Lipinski definition) is 4. The van der Waals surface area contributed by atoms with Gasteiger partial charge in [0, 0.05) is 17.1 Å². The van der Waals surface area contributed by atoms with Gasteiger partial charge >= 0.3 is 0 Å². The summed E-state index contributed by atoms with van der Waals surface area (Å²) >= 11 is 8.08. The Kier molecular flexibility index (Phi) is 5.65. The Bertz CT molecular complexity index is 602. The monoisotopic (exact) mass is 323 g/mol. The van der Waals surface area contributed by atoms with Crippen LogP contribution in [0.4, 0.5) is 5.69 Å². The van der Waals surface area contributed by atoms with E-state index in [0.29, 0.717) is 23.1 Å². The van der Waals surface area contributed by atoms with Gasteiger partial charge < -0.3 is 14.8 Å². The highest BCUT2D eigenvalue weighted by Crippen LogP contribution is 2.37. The Balaban J connectivity index is 2.12. The molecule has 0 spiro atoms. The van der Waals surface area contributed by atoms with Crippen molar-refractivity contribution in [2.45, 2.75) is 11.4 Å². The molecule has 112 valence electrons. The molecule has 2 aromatic rings. The standard InChI is InChI=1S/C16H18ClNO2S/c1-19-14-9-4-11(15(17)16(14)20-2)10-18-12-5-7-13(21-3)8-6-12/h4-9,18H,10H2,1-3H3. The topological polar surface area (TPSA) is 30.5 Å². The molecule has 0 aliphatic heterocycles. The molecule has 2 aromatic carbocycles. The largest absolute Gasteiger partial charge is 0.493 e. The minimum absolute atomic E-state index is 0.566. The quantitative estimate of drug-likeness (QED) is 0.781. The lowest BCUT2D eigenvalue weighted by atomic mass is 10.2. The normalized spacial score (nSPS) is 10.3. The highest BCUT2D eigenvalue weighted by Gasteiger charge is 2.12. The van der Waals surface area contributed by atoms with Crippen LogP contribution in [0, 0.1) is 0 Å². The van der Waals surface area contributed by atoms with Gasteiger partial charge in [-0.1, -0.05) is 17.7 Å². The van der Waals surface area contributed by atoms with E-state index in [1.54, 1.807) is 26.0 Å². The maximum atomic E-state index is 6.36. The lowest BCUT2D eigenvalue weighted by Crippen LogP contribution is -2.02. The molecule has 0 fully saturated rings. The third-order valence-corrected chi connectivity index (χ3v) is 4.30. The summed E-state index contributed by atoms with van der Waals surface area (Å²) in [5.41, 5.74) is 2.02. The molecular formula is C16H18ClNO2S. The van der Waals surface area contributed by atoms with Crippen molar-refractivity contribution in [3.8, 4) is 11.5 Å². The van der Waals surface area contributed by atoms with Gasteiger partial charge in [0.05, 0.1) is 19.2 Å². The molecule has 0 heterocycles. The zero-order valence-electron chi connectivity index (χ0n) is 12.3. The number of thioether (sulfide) groups is 1. The molecule has 21 heavy (non-hydrogen) atoms. The minimum Gasteiger partial charge on any atom is -0.493 e. The summed E-state index contributed by atoms with van der Waals surface area (Å²) in [7, 11) is 3.18. The lowest BCUT2D eigenvalue weighted by Gasteiger charge is -2.14.